The Kier molecular flexibility index (Phi) is 2.77. The van der Waals surface area contributed by atoms with Crippen molar-refractivity contribution in [3.63, 3.8) is 0 Å². The number of nitrogens with zero attached hydrogens (tertiary/aromatic N) is 5. The van der Waals surface area contributed by atoms with Gasteiger partial charge >= 0.3 is 0 Å². The van der Waals surface area contributed by atoms with Crippen molar-refractivity contribution >= 4 is 11.5 Å². The molecule has 0 fully saturated rings. The van der Waals surface area contributed by atoms with E-state index in [0.717, 1.165) is 24.8 Å². The van der Waals surface area contributed by atoms with Gasteiger partial charge in [-0.3, -0.25) is 0 Å². The number of benzene rings is 1. The maximum atomic E-state index is 13.5. The summed E-state index contributed by atoms with van der Waals surface area (Å²) in [5.41, 5.74) is 2.80. The number of nitrogens with one attached hydrogen (secondary N) is 1. The predicted molar refractivity (Wildman–Crippen MR) is 74.3 cm³/mol. The van der Waals surface area contributed by atoms with Crippen molar-refractivity contribution in [3.05, 3.63) is 47.3 Å². The molecule has 0 amide bonds. The van der Waals surface area contributed by atoms with Crippen molar-refractivity contribution in [2.75, 3.05) is 5.32 Å². The Bertz CT molecular complexity index is 799. The number of rotatable bonds is 2. The summed E-state index contributed by atoms with van der Waals surface area (Å²) in [5, 5.41) is 18.8. The highest BCUT2D eigenvalue weighted by molar-refractivity contribution is 5.45. The van der Waals surface area contributed by atoms with E-state index in [1.165, 1.54) is 16.3 Å². The third kappa shape index (κ3) is 2.20. The molecule has 2 aromatic heterocycles. The second kappa shape index (κ2) is 4.76. The molecule has 0 saturated heterocycles. The molecule has 1 aliphatic rings. The number of hydrogen-bond donors (Lipinski definition) is 1. The first-order chi connectivity index (χ1) is 10.3. The second-order valence-electron chi connectivity index (χ2n) is 5.18. The number of aryl methyl sites for hydroxylation is 1. The van der Waals surface area contributed by atoms with Crippen molar-refractivity contribution in [1.29, 1.82) is 0 Å². The fourth-order valence-electron chi connectivity index (χ4n) is 2.83. The lowest BCUT2D eigenvalue weighted by Crippen LogP contribution is -2.18. The van der Waals surface area contributed by atoms with Crippen LogP contribution in [0.3, 0.4) is 0 Å². The van der Waals surface area contributed by atoms with E-state index in [9.17, 15) is 4.39 Å². The Morgan fingerprint density at radius 3 is 3.14 bits per heavy atom. The van der Waals surface area contributed by atoms with Crippen LogP contribution < -0.4 is 5.32 Å². The van der Waals surface area contributed by atoms with E-state index < -0.39 is 0 Å². The fourth-order valence-corrected chi connectivity index (χ4v) is 2.83. The van der Waals surface area contributed by atoms with Crippen LogP contribution in [-0.2, 0) is 6.42 Å². The number of anilines is 1. The van der Waals surface area contributed by atoms with Gasteiger partial charge in [0, 0.05) is 0 Å². The quantitative estimate of drug-likeness (QED) is 0.781. The molecule has 7 heteroatoms. The normalized spacial score (nSPS) is 17.7. The molecule has 0 spiro atoms. The van der Waals surface area contributed by atoms with Crippen LogP contribution >= 0.6 is 0 Å². The van der Waals surface area contributed by atoms with Gasteiger partial charge in [-0.25, -0.2) is 4.39 Å². The van der Waals surface area contributed by atoms with Crippen LogP contribution in [0.25, 0.3) is 5.65 Å². The molecule has 0 bridgehead atoms. The maximum absolute atomic E-state index is 13.5. The highest BCUT2D eigenvalue weighted by Crippen LogP contribution is 2.32. The lowest BCUT2D eigenvalue weighted by Gasteiger charge is -2.26. The van der Waals surface area contributed by atoms with Gasteiger partial charge in [0.1, 0.15) is 11.6 Å². The Labute approximate surface area is 120 Å². The minimum absolute atomic E-state index is 0.0610. The van der Waals surface area contributed by atoms with E-state index in [1.807, 2.05) is 12.1 Å². The lowest BCUT2D eigenvalue weighted by atomic mass is 9.87. The molecule has 0 saturated carbocycles. The van der Waals surface area contributed by atoms with Crippen LogP contribution in [-0.4, -0.2) is 25.3 Å². The van der Waals surface area contributed by atoms with Crippen molar-refractivity contribution in [2.45, 2.75) is 25.3 Å². The smallest absolute Gasteiger partial charge is 0.200 e. The highest BCUT2D eigenvalue weighted by Gasteiger charge is 2.21. The number of halogens is 1. The molecule has 2 heterocycles. The van der Waals surface area contributed by atoms with Crippen molar-refractivity contribution in [2.24, 2.45) is 0 Å². The molecule has 0 aliphatic heterocycles. The van der Waals surface area contributed by atoms with Gasteiger partial charge in [-0.1, -0.05) is 6.07 Å². The van der Waals surface area contributed by atoms with Crippen molar-refractivity contribution < 1.29 is 4.39 Å². The van der Waals surface area contributed by atoms with E-state index in [0.29, 0.717) is 11.5 Å². The summed E-state index contributed by atoms with van der Waals surface area (Å²) >= 11 is 0. The largest absolute Gasteiger partial charge is 0.362 e. The summed E-state index contributed by atoms with van der Waals surface area (Å²) in [5.74, 6) is 0.475. The van der Waals surface area contributed by atoms with Gasteiger partial charge in [0.2, 0.25) is 0 Å². The Morgan fingerprint density at radius 2 is 2.19 bits per heavy atom. The van der Waals surface area contributed by atoms with Gasteiger partial charge in [-0.15, -0.1) is 14.8 Å². The fraction of sp³-hybridized carbons (Fsp3) is 0.286. The second-order valence-corrected chi connectivity index (χ2v) is 5.18. The SMILES string of the molecule is Fc1ccc2c(c1)C(Nc1ccc3nnnn3n1)CCC2. The van der Waals surface area contributed by atoms with Gasteiger partial charge in [0.05, 0.1) is 6.04 Å². The summed E-state index contributed by atoms with van der Waals surface area (Å²) in [6, 6.07) is 8.69. The van der Waals surface area contributed by atoms with Crippen LogP contribution in [0.1, 0.15) is 30.0 Å². The van der Waals surface area contributed by atoms with Crippen LogP contribution in [0.15, 0.2) is 30.3 Å². The third-order valence-corrected chi connectivity index (χ3v) is 3.81. The topological polar surface area (TPSA) is 68.0 Å². The summed E-state index contributed by atoms with van der Waals surface area (Å²) in [7, 11) is 0. The summed E-state index contributed by atoms with van der Waals surface area (Å²) in [6.45, 7) is 0. The van der Waals surface area contributed by atoms with Gasteiger partial charge in [0.25, 0.3) is 0 Å². The summed E-state index contributed by atoms with van der Waals surface area (Å²) < 4.78 is 14.9. The number of hydrogen-bond acceptors (Lipinski definition) is 5. The summed E-state index contributed by atoms with van der Waals surface area (Å²) in [4.78, 5) is 0. The van der Waals surface area contributed by atoms with E-state index in [1.54, 1.807) is 12.1 Å². The standard InChI is InChI=1S/C14H13FN6/c15-10-5-4-9-2-1-3-12(11(9)8-10)16-13-6-7-14-17-19-20-21(14)18-13/h4-8,12H,1-3H2,(H,16,18). The Morgan fingerprint density at radius 1 is 1.24 bits per heavy atom. The molecule has 1 N–H and O–H groups in total. The molecule has 0 radical (unpaired) electrons. The Balaban J connectivity index is 1.67. The molecule has 3 aromatic rings. The summed E-state index contributed by atoms with van der Waals surface area (Å²) in [6.07, 6.45) is 3.02. The van der Waals surface area contributed by atoms with E-state index in [2.05, 4.69) is 25.9 Å². The average Bonchev–Trinajstić information content (AvgIpc) is 2.95. The lowest BCUT2D eigenvalue weighted by molar-refractivity contribution is 0.577. The molecular formula is C14H13FN6. The zero-order valence-electron chi connectivity index (χ0n) is 11.2. The first-order valence-electron chi connectivity index (χ1n) is 6.90. The van der Waals surface area contributed by atoms with E-state index in [4.69, 9.17) is 0 Å². The van der Waals surface area contributed by atoms with E-state index in [-0.39, 0.29) is 11.9 Å². The first-order valence-corrected chi connectivity index (χ1v) is 6.90. The van der Waals surface area contributed by atoms with Gasteiger partial charge in [-0.2, -0.15) is 0 Å². The van der Waals surface area contributed by atoms with Gasteiger partial charge in [-0.05, 0) is 65.1 Å². The number of aromatic nitrogens is 5. The average molecular weight is 284 g/mol. The monoisotopic (exact) mass is 284 g/mol. The van der Waals surface area contributed by atoms with Crippen molar-refractivity contribution in [1.82, 2.24) is 25.3 Å². The third-order valence-electron chi connectivity index (χ3n) is 3.81. The highest BCUT2D eigenvalue weighted by atomic mass is 19.1. The molecule has 1 aliphatic carbocycles. The molecule has 106 valence electrons. The van der Waals surface area contributed by atoms with E-state index >= 15 is 0 Å². The van der Waals surface area contributed by atoms with Crippen molar-refractivity contribution in [3.8, 4) is 0 Å². The van der Waals surface area contributed by atoms with Gasteiger partial charge < -0.3 is 5.32 Å². The first kappa shape index (κ1) is 12.2. The number of tetrazole rings is 1. The maximum Gasteiger partial charge on any atom is 0.200 e. The Hall–Kier alpha value is -2.57. The molecular weight excluding hydrogens is 271 g/mol. The minimum atomic E-state index is -0.202. The predicted octanol–water partition coefficient (Wildman–Crippen LogP) is 2.15. The molecule has 1 aromatic carbocycles. The van der Waals surface area contributed by atoms with Crippen LogP contribution in [0.4, 0.5) is 10.2 Å². The molecule has 21 heavy (non-hydrogen) atoms. The molecule has 1 atom stereocenters. The number of fused-ring (bicyclic) bond motifs is 2. The zero-order valence-corrected chi connectivity index (χ0v) is 11.2. The molecule has 1 unspecified atom stereocenters. The minimum Gasteiger partial charge on any atom is -0.362 e. The molecule has 6 nitrogen and oxygen atoms in total. The van der Waals surface area contributed by atoms with Crippen LogP contribution in [0.2, 0.25) is 0 Å². The zero-order chi connectivity index (χ0) is 14.2. The van der Waals surface area contributed by atoms with Gasteiger partial charge in [0.15, 0.2) is 5.65 Å². The molecule has 4 rings (SSSR count). The van der Waals surface area contributed by atoms with Crippen LogP contribution in [0, 0.1) is 5.82 Å². The van der Waals surface area contributed by atoms with Crippen LogP contribution in [0.5, 0.6) is 0 Å².